The third kappa shape index (κ3) is 3.58. The number of halogens is 1. The highest BCUT2D eigenvalue weighted by Gasteiger charge is 2.16. The summed E-state index contributed by atoms with van der Waals surface area (Å²) in [5.41, 5.74) is -0.775. The van der Waals surface area contributed by atoms with Gasteiger partial charge < -0.3 is 10.4 Å². The molecule has 0 amide bonds. The zero-order valence-corrected chi connectivity index (χ0v) is 8.75. The predicted octanol–water partition coefficient (Wildman–Crippen LogP) is 2.54. The van der Waals surface area contributed by atoms with E-state index in [1.807, 2.05) is 0 Å². The fourth-order valence-corrected chi connectivity index (χ4v) is 1.13. The van der Waals surface area contributed by atoms with Crippen LogP contribution in [0.1, 0.15) is 24.2 Å². The van der Waals surface area contributed by atoms with Crippen LogP contribution < -0.4 is 5.32 Å². The standard InChI is InChI=1S/C11H14FNO2/c1-11(2,12)7-13-9-6-4-3-5-8(9)10(14)15/h3-6,13H,7H2,1-2H3,(H,14,15). The summed E-state index contributed by atoms with van der Waals surface area (Å²) in [6, 6.07) is 6.44. The van der Waals surface area contributed by atoms with E-state index < -0.39 is 11.6 Å². The Kier molecular flexibility index (Phi) is 3.29. The summed E-state index contributed by atoms with van der Waals surface area (Å²) in [5.74, 6) is -1.02. The van der Waals surface area contributed by atoms with Crippen molar-refractivity contribution in [1.29, 1.82) is 0 Å². The molecule has 15 heavy (non-hydrogen) atoms. The van der Waals surface area contributed by atoms with E-state index in [1.54, 1.807) is 18.2 Å². The molecule has 1 aromatic carbocycles. The zero-order chi connectivity index (χ0) is 11.5. The van der Waals surface area contributed by atoms with Gasteiger partial charge in [-0.3, -0.25) is 0 Å². The summed E-state index contributed by atoms with van der Waals surface area (Å²) in [7, 11) is 0. The van der Waals surface area contributed by atoms with Gasteiger partial charge in [0.2, 0.25) is 0 Å². The van der Waals surface area contributed by atoms with E-state index in [9.17, 15) is 9.18 Å². The highest BCUT2D eigenvalue weighted by molar-refractivity contribution is 5.94. The van der Waals surface area contributed by atoms with Crippen molar-refractivity contribution < 1.29 is 14.3 Å². The van der Waals surface area contributed by atoms with Gasteiger partial charge in [0.1, 0.15) is 5.67 Å². The van der Waals surface area contributed by atoms with Crippen LogP contribution in [0.15, 0.2) is 24.3 Å². The molecule has 82 valence electrons. The molecule has 0 saturated carbocycles. The highest BCUT2D eigenvalue weighted by atomic mass is 19.1. The lowest BCUT2D eigenvalue weighted by Gasteiger charge is -2.16. The van der Waals surface area contributed by atoms with E-state index in [1.165, 1.54) is 19.9 Å². The number of nitrogens with one attached hydrogen (secondary N) is 1. The Bertz CT molecular complexity index is 358. The van der Waals surface area contributed by atoms with Crippen molar-refractivity contribution in [2.45, 2.75) is 19.5 Å². The molecule has 0 bridgehead atoms. The van der Waals surface area contributed by atoms with Gasteiger partial charge in [-0.25, -0.2) is 9.18 Å². The summed E-state index contributed by atoms with van der Waals surface area (Å²) >= 11 is 0. The molecule has 0 saturated heterocycles. The van der Waals surface area contributed by atoms with Crippen LogP contribution in [-0.4, -0.2) is 23.3 Å². The Balaban J connectivity index is 2.81. The Labute approximate surface area is 87.9 Å². The summed E-state index contributed by atoms with van der Waals surface area (Å²) < 4.78 is 13.2. The van der Waals surface area contributed by atoms with E-state index >= 15 is 0 Å². The molecule has 0 atom stereocenters. The van der Waals surface area contributed by atoms with Gasteiger partial charge in [0.15, 0.2) is 0 Å². The van der Waals surface area contributed by atoms with Gasteiger partial charge in [0.25, 0.3) is 0 Å². The van der Waals surface area contributed by atoms with Crippen molar-refractivity contribution in [3.8, 4) is 0 Å². The molecule has 0 aliphatic carbocycles. The number of alkyl halides is 1. The lowest BCUT2D eigenvalue weighted by Crippen LogP contribution is -2.25. The molecule has 0 aliphatic rings. The van der Waals surface area contributed by atoms with E-state index in [2.05, 4.69) is 5.32 Å². The fraction of sp³-hybridized carbons (Fsp3) is 0.364. The normalized spacial score (nSPS) is 11.1. The largest absolute Gasteiger partial charge is 0.478 e. The minimum absolute atomic E-state index is 0.0806. The zero-order valence-electron chi connectivity index (χ0n) is 8.75. The number of rotatable bonds is 4. The van der Waals surface area contributed by atoms with Crippen LogP contribution in [0.2, 0.25) is 0 Å². The highest BCUT2D eigenvalue weighted by Crippen LogP contribution is 2.17. The Hall–Kier alpha value is -1.58. The number of anilines is 1. The number of carbonyl (C=O) groups is 1. The Morgan fingerprint density at radius 2 is 2.07 bits per heavy atom. The number of aromatic carboxylic acids is 1. The van der Waals surface area contributed by atoms with Crippen molar-refractivity contribution in [2.24, 2.45) is 0 Å². The van der Waals surface area contributed by atoms with Crippen molar-refractivity contribution in [2.75, 3.05) is 11.9 Å². The van der Waals surface area contributed by atoms with E-state index in [4.69, 9.17) is 5.11 Å². The molecule has 0 heterocycles. The second-order valence-electron chi connectivity index (χ2n) is 3.92. The third-order valence-electron chi connectivity index (χ3n) is 1.86. The summed E-state index contributed by atoms with van der Waals surface area (Å²) in [6.45, 7) is 2.95. The van der Waals surface area contributed by atoms with Crippen LogP contribution in [0, 0.1) is 0 Å². The first-order valence-electron chi connectivity index (χ1n) is 4.65. The van der Waals surface area contributed by atoms with E-state index in [0.717, 1.165) is 0 Å². The maximum Gasteiger partial charge on any atom is 0.337 e. The second-order valence-corrected chi connectivity index (χ2v) is 3.92. The minimum Gasteiger partial charge on any atom is -0.478 e. The molecule has 1 rings (SSSR count). The molecule has 0 aromatic heterocycles. The van der Waals surface area contributed by atoms with E-state index in [-0.39, 0.29) is 12.1 Å². The topological polar surface area (TPSA) is 49.3 Å². The molecule has 3 nitrogen and oxygen atoms in total. The van der Waals surface area contributed by atoms with Crippen LogP contribution in [0.3, 0.4) is 0 Å². The Morgan fingerprint density at radius 3 is 2.60 bits per heavy atom. The van der Waals surface area contributed by atoms with Crippen LogP contribution in [0.4, 0.5) is 10.1 Å². The molecule has 0 fully saturated rings. The van der Waals surface area contributed by atoms with Crippen molar-refractivity contribution in [1.82, 2.24) is 0 Å². The van der Waals surface area contributed by atoms with Gasteiger partial charge in [0.05, 0.1) is 5.56 Å². The summed E-state index contributed by atoms with van der Waals surface area (Å²) in [5, 5.41) is 11.6. The molecule has 1 aromatic rings. The molecule has 0 radical (unpaired) electrons. The summed E-state index contributed by atoms with van der Waals surface area (Å²) in [4.78, 5) is 10.8. The number of carboxylic acid groups (broad SMARTS) is 1. The van der Waals surface area contributed by atoms with Gasteiger partial charge >= 0.3 is 5.97 Å². The lowest BCUT2D eigenvalue weighted by molar-refractivity contribution is 0.0697. The molecule has 0 spiro atoms. The van der Waals surface area contributed by atoms with Gasteiger partial charge in [-0.15, -0.1) is 0 Å². The number of carboxylic acids is 1. The summed E-state index contributed by atoms with van der Waals surface area (Å²) in [6.07, 6.45) is 0. The van der Waals surface area contributed by atoms with Crippen LogP contribution in [-0.2, 0) is 0 Å². The van der Waals surface area contributed by atoms with Crippen LogP contribution in [0.5, 0.6) is 0 Å². The van der Waals surface area contributed by atoms with Gasteiger partial charge in [-0.05, 0) is 26.0 Å². The molecular weight excluding hydrogens is 197 g/mol. The molecule has 0 unspecified atom stereocenters. The van der Waals surface area contributed by atoms with Gasteiger partial charge in [0, 0.05) is 12.2 Å². The number of hydrogen-bond donors (Lipinski definition) is 2. The van der Waals surface area contributed by atoms with Crippen molar-refractivity contribution in [3.05, 3.63) is 29.8 Å². The molecule has 4 heteroatoms. The van der Waals surface area contributed by atoms with Crippen molar-refractivity contribution in [3.63, 3.8) is 0 Å². The van der Waals surface area contributed by atoms with Crippen LogP contribution in [0.25, 0.3) is 0 Å². The predicted molar refractivity (Wildman–Crippen MR) is 57.1 cm³/mol. The van der Waals surface area contributed by atoms with E-state index in [0.29, 0.717) is 5.69 Å². The average Bonchev–Trinajstić information content (AvgIpc) is 2.14. The average molecular weight is 211 g/mol. The third-order valence-corrected chi connectivity index (χ3v) is 1.86. The van der Waals surface area contributed by atoms with Crippen molar-refractivity contribution >= 4 is 11.7 Å². The lowest BCUT2D eigenvalue weighted by atomic mass is 10.1. The quantitative estimate of drug-likeness (QED) is 0.804. The number of hydrogen-bond acceptors (Lipinski definition) is 2. The first-order valence-corrected chi connectivity index (χ1v) is 4.65. The smallest absolute Gasteiger partial charge is 0.337 e. The fourth-order valence-electron chi connectivity index (χ4n) is 1.13. The second kappa shape index (κ2) is 4.29. The first kappa shape index (κ1) is 11.5. The number of para-hydroxylation sites is 1. The Morgan fingerprint density at radius 1 is 1.47 bits per heavy atom. The maximum atomic E-state index is 13.2. The molecule has 2 N–H and O–H groups in total. The SMILES string of the molecule is CC(C)(F)CNc1ccccc1C(=O)O. The van der Waals surface area contributed by atoms with Crippen LogP contribution >= 0.6 is 0 Å². The number of benzene rings is 1. The molecule has 0 aliphatic heterocycles. The first-order chi connectivity index (χ1) is 6.90. The van der Waals surface area contributed by atoms with Gasteiger partial charge in [-0.1, -0.05) is 12.1 Å². The van der Waals surface area contributed by atoms with Gasteiger partial charge in [-0.2, -0.15) is 0 Å². The monoisotopic (exact) mass is 211 g/mol. The maximum absolute atomic E-state index is 13.2. The molecular formula is C11H14FNO2. The minimum atomic E-state index is -1.37.